The Morgan fingerprint density at radius 3 is 2.53 bits per heavy atom. The Labute approximate surface area is 88.1 Å². The van der Waals surface area contributed by atoms with Crippen molar-refractivity contribution in [2.45, 2.75) is 20.3 Å². The molecule has 0 fully saturated rings. The fourth-order valence-corrected chi connectivity index (χ4v) is 0.925. The van der Waals surface area contributed by atoms with Crippen LogP contribution < -0.4 is 4.74 Å². The standard InChI is InChI=1S/C10H14N2O3/c1-7(2)6-15-10-11-4-8(5-12-10)3-9(13)14/h4-5,7H,3,6H2,1-2H3,(H,13,14). The lowest BCUT2D eigenvalue weighted by molar-refractivity contribution is -0.136. The molecule has 0 atom stereocenters. The number of ether oxygens (including phenoxy) is 1. The maximum atomic E-state index is 10.4. The second-order valence-electron chi connectivity index (χ2n) is 3.65. The summed E-state index contributed by atoms with van der Waals surface area (Å²) in [7, 11) is 0. The molecule has 0 spiro atoms. The normalized spacial score (nSPS) is 10.3. The van der Waals surface area contributed by atoms with Crippen molar-refractivity contribution >= 4 is 5.97 Å². The summed E-state index contributed by atoms with van der Waals surface area (Å²) in [6.45, 7) is 4.61. The number of carboxylic acid groups (broad SMARTS) is 1. The molecule has 1 rings (SSSR count). The third kappa shape index (κ3) is 4.39. The zero-order valence-corrected chi connectivity index (χ0v) is 8.80. The van der Waals surface area contributed by atoms with Gasteiger partial charge in [0.15, 0.2) is 0 Å². The zero-order valence-electron chi connectivity index (χ0n) is 8.80. The Bertz CT molecular complexity index is 322. The van der Waals surface area contributed by atoms with E-state index < -0.39 is 5.97 Å². The summed E-state index contributed by atoms with van der Waals surface area (Å²) in [4.78, 5) is 18.2. The van der Waals surface area contributed by atoms with E-state index in [1.165, 1.54) is 12.4 Å². The van der Waals surface area contributed by atoms with Gasteiger partial charge in [-0.25, -0.2) is 9.97 Å². The number of carbonyl (C=O) groups is 1. The molecule has 15 heavy (non-hydrogen) atoms. The van der Waals surface area contributed by atoms with Gasteiger partial charge in [0.25, 0.3) is 0 Å². The van der Waals surface area contributed by atoms with Crippen LogP contribution in [0.1, 0.15) is 19.4 Å². The minimum atomic E-state index is -0.894. The van der Waals surface area contributed by atoms with Crippen molar-refractivity contribution in [1.29, 1.82) is 0 Å². The summed E-state index contributed by atoms with van der Waals surface area (Å²) in [6.07, 6.45) is 2.87. The maximum Gasteiger partial charge on any atom is 0.316 e. The van der Waals surface area contributed by atoms with Crippen LogP contribution >= 0.6 is 0 Å². The van der Waals surface area contributed by atoms with E-state index in [1.54, 1.807) is 0 Å². The van der Waals surface area contributed by atoms with Crippen molar-refractivity contribution < 1.29 is 14.6 Å². The molecule has 0 radical (unpaired) electrons. The largest absolute Gasteiger partial charge is 0.481 e. The molecule has 82 valence electrons. The van der Waals surface area contributed by atoms with Gasteiger partial charge in [-0.15, -0.1) is 0 Å². The smallest absolute Gasteiger partial charge is 0.316 e. The molecule has 1 heterocycles. The first kappa shape index (κ1) is 11.4. The van der Waals surface area contributed by atoms with E-state index >= 15 is 0 Å². The van der Waals surface area contributed by atoms with Crippen LogP contribution in [0.15, 0.2) is 12.4 Å². The molecular weight excluding hydrogens is 196 g/mol. The molecule has 1 N–H and O–H groups in total. The molecule has 0 amide bonds. The summed E-state index contributed by atoms with van der Waals surface area (Å²) < 4.78 is 5.26. The van der Waals surface area contributed by atoms with E-state index in [1.807, 2.05) is 13.8 Å². The minimum Gasteiger partial charge on any atom is -0.481 e. The predicted molar refractivity (Wildman–Crippen MR) is 53.7 cm³/mol. The van der Waals surface area contributed by atoms with E-state index in [2.05, 4.69) is 9.97 Å². The molecule has 0 aromatic carbocycles. The lowest BCUT2D eigenvalue weighted by Crippen LogP contribution is -2.07. The summed E-state index contributed by atoms with van der Waals surface area (Å²) >= 11 is 0. The number of nitrogens with zero attached hydrogens (tertiary/aromatic N) is 2. The quantitative estimate of drug-likeness (QED) is 0.788. The Morgan fingerprint density at radius 1 is 1.47 bits per heavy atom. The highest BCUT2D eigenvalue weighted by Crippen LogP contribution is 2.04. The highest BCUT2D eigenvalue weighted by molar-refractivity contribution is 5.69. The molecule has 0 aliphatic rings. The molecule has 5 heteroatoms. The number of aromatic nitrogens is 2. The molecule has 0 aliphatic heterocycles. The monoisotopic (exact) mass is 210 g/mol. The summed E-state index contributed by atoms with van der Waals surface area (Å²) in [6, 6.07) is 0.290. The molecule has 5 nitrogen and oxygen atoms in total. The predicted octanol–water partition coefficient (Wildman–Crippen LogP) is 1.14. The van der Waals surface area contributed by atoms with Crippen molar-refractivity contribution in [3.8, 4) is 6.01 Å². The van der Waals surface area contributed by atoms with Crippen molar-refractivity contribution in [2.75, 3.05) is 6.61 Å². The third-order valence-corrected chi connectivity index (χ3v) is 1.58. The molecule has 0 bridgehead atoms. The Balaban J connectivity index is 2.52. The van der Waals surface area contributed by atoms with Gasteiger partial charge in [0.1, 0.15) is 0 Å². The van der Waals surface area contributed by atoms with Crippen LogP contribution in [-0.4, -0.2) is 27.7 Å². The van der Waals surface area contributed by atoms with E-state index in [0.717, 1.165) is 0 Å². The fourth-order valence-electron chi connectivity index (χ4n) is 0.925. The minimum absolute atomic E-state index is 0.0650. The van der Waals surface area contributed by atoms with Crippen LogP contribution in [0.4, 0.5) is 0 Å². The van der Waals surface area contributed by atoms with E-state index in [9.17, 15) is 4.79 Å². The number of hydrogen-bond acceptors (Lipinski definition) is 4. The van der Waals surface area contributed by atoms with Crippen molar-refractivity contribution in [1.82, 2.24) is 9.97 Å². The van der Waals surface area contributed by atoms with E-state index in [0.29, 0.717) is 18.1 Å². The van der Waals surface area contributed by atoms with Crippen molar-refractivity contribution in [3.05, 3.63) is 18.0 Å². The molecule has 1 aromatic heterocycles. The number of hydrogen-bond donors (Lipinski definition) is 1. The maximum absolute atomic E-state index is 10.4. The first-order valence-electron chi connectivity index (χ1n) is 4.73. The highest BCUT2D eigenvalue weighted by atomic mass is 16.5. The van der Waals surface area contributed by atoms with Gasteiger partial charge < -0.3 is 9.84 Å². The van der Waals surface area contributed by atoms with Gasteiger partial charge >= 0.3 is 12.0 Å². The van der Waals surface area contributed by atoms with Gasteiger partial charge in [0, 0.05) is 18.0 Å². The van der Waals surface area contributed by atoms with Crippen molar-refractivity contribution in [3.63, 3.8) is 0 Å². The van der Waals surface area contributed by atoms with Crippen LogP contribution in [0, 0.1) is 5.92 Å². The van der Waals surface area contributed by atoms with Crippen LogP contribution in [-0.2, 0) is 11.2 Å². The average molecular weight is 210 g/mol. The summed E-state index contributed by atoms with van der Waals surface area (Å²) in [5.41, 5.74) is 0.569. The van der Waals surface area contributed by atoms with E-state index in [4.69, 9.17) is 9.84 Å². The highest BCUT2D eigenvalue weighted by Gasteiger charge is 2.03. The molecule has 1 aromatic rings. The summed E-state index contributed by atoms with van der Waals surface area (Å²) in [5, 5.41) is 8.53. The first-order chi connectivity index (χ1) is 7.08. The average Bonchev–Trinajstić information content (AvgIpc) is 2.16. The Hall–Kier alpha value is -1.65. The number of rotatable bonds is 5. The van der Waals surface area contributed by atoms with Crippen molar-refractivity contribution in [2.24, 2.45) is 5.92 Å². The topological polar surface area (TPSA) is 72.3 Å². The molecule has 0 aliphatic carbocycles. The number of carboxylic acids is 1. The Kier molecular flexibility index (Phi) is 4.03. The zero-order chi connectivity index (χ0) is 11.3. The third-order valence-electron chi connectivity index (χ3n) is 1.58. The van der Waals surface area contributed by atoms with Gasteiger partial charge in [0.05, 0.1) is 13.0 Å². The fraction of sp³-hybridized carbons (Fsp3) is 0.500. The molecule has 0 saturated carbocycles. The SMILES string of the molecule is CC(C)COc1ncc(CC(=O)O)cn1. The molecule has 0 unspecified atom stereocenters. The van der Waals surface area contributed by atoms with Gasteiger partial charge in [-0.3, -0.25) is 4.79 Å². The van der Waals surface area contributed by atoms with Crippen LogP contribution in [0.2, 0.25) is 0 Å². The molecular formula is C10H14N2O3. The van der Waals surface area contributed by atoms with Gasteiger partial charge in [-0.1, -0.05) is 13.8 Å². The first-order valence-corrected chi connectivity index (χ1v) is 4.73. The van der Waals surface area contributed by atoms with Gasteiger partial charge in [-0.2, -0.15) is 0 Å². The number of aliphatic carboxylic acids is 1. The van der Waals surface area contributed by atoms with E-state index in [-0.39, 0.29) is 12.4 Å². The lowest BCUT2D eigenvalue weighted by atomic mass is 10.2. The van der Waals surface area contributed by atoms with Gasteiger partial charge in [0.2, 0.25) is 0 Å². The second-order valence-corrected chi connectivity index (χ2v) is 3.65. The summed E-state index contributed by atoms with van der Waals surface area (Å²) in [5.74, 6) is -0.484. The lowest BCUT2D eigenvalue weighted by Gasteiger charge is -2.06. The van der Waals surface area contributed by atoms with Crippen LogP contribution in [0.5, 0.6) is 6.01 Å². The van der Waals surface area contributed by atoms with Crippen LogP contribution in [0.25, 0.3) is 0 Å². The van der Waals surface area contributed by atoms with Gasteiger partial charge in [-0.05, 0) is 5.92 Å². The molecule has 0 saturated heterocycles. The van der Waals surface area contributed by atoms with Crippen LogP contribution in [0.3, 0.4) is 0 Å². The Morgan fingerprint density at radius 2 is 2.07 bits per heavy atom. The second kappa shape index (κ2) is 5.29.